The van der Waals surface area contributed by atoms with Gasteiger partial charge < -0.3 is 9.47 Å². The predicted molar refractivity (Wildman–Crippen MR) is 69.6 cm³/mol. The lowest BCUT2D eigenvalue weighted by atomic mass is 10.1. The fourth-order valence-electron chi connectivity index (χ4n) is 1.31. The first-order valence-corrected chi connectivity index (χ1v) is 5.75. The van der Waals surface area contributed by atoms with E-state index in [1.807, 2.05) is 12.2 Å². The van der Waals surface area contributed by atoms with Gasteiger partial charge in [0.05, 0.1) is 13.2 Å². The monoisotopic (exact) mass is 224 g/mol. The van der Waals surface area contributed by atoms with Crippen LogP contribution in [0.1, 0.15) is 19.3 Å². The molecule has 0 spiro atoms. The number of methoxy groups -OCH3 is 2. The third-order valence-corrected chi connectivity index (χ3v) is 2.25. The second-order valence-corrected chi connectivity index (χ2v) is 3.66. The van der Waals surface area contributed by atoms with Crippen LogP contribution in [0.15, 0.2) is 37.0 Å². The lowest BCUT2D eigenvalue weighted by Crippen LogP contribution is -2.02. The molecule has 0 saturated heterocycles. The molecule has 0 aromatic heterocycles. The van der Waals surface area contributed by atoms with Gasteiger partial charge in [0.2, 0.25) is 0 Å². The van der Waals surface area contributed by atoms with E-state index in [2.05, 4.69) is 24.8 Å². The zero-order chi connectivity index (χ0) is 12.1. The van der Waals surface area contributed by atoms with Crippen LogP contribution < -0.4 is 0 Å². The number of allylic oxidation sites excluding steroid dienone is 3. The second kappa shape index (κ2) is 12.2. The first-order chi connectivity index (χ1) is 7.85. The second-order valence-electron chi connectivity index (χ2n) is 3.66. The van der Waals surface area contributed by atoms with Crippen LogP contribution in [0.2, 0.25) is 0 Å². The molecule has 0 bridgehead atoms. The van der Waals surface area contributed by atoms with Crippen LogP contribution in [0.3, 0.4) is 0 Å². The standard InChI is InChI=1S/C14H24O2/c1-4-14(13-16-3)11-9-7-5-6-8-10-12-15-2/h4,7-10,14H,1,5-6,11-13H2,2-3H3/b9-7-,10-8+. The van der Waals surface area contributed by atoms with E-state index in [0.717, 1.165) is 25.9 Å². The zero-order valence-electron chi connectivity index (χ0n) is 10.5. The van der Waals surface area contributed by atoms with Crippen molar-refractivity contribution < 1.29 is 9.47 Å². The Bertz CT molecular complexity index is 207. The van der Waals surface area contributed by atoms with Gasteiger partial charge in [0.15, 0.2) is 0 Å². The van der Waals surface area contributed by atoms with Crippen molar-refractivity contribution in [2.45, 2.75) is 19.3 Å². The van der Waals surface area contributed by atoms with Crippen molar-refractivity contribution in [3.05, 3.63) is 37.0 Å². The number of unbranched alkanes of at least 4 members (excludes halogenated alkanes) is 1. The summed E-state index contributed by atoms with van der Waals surface area (Å²) in [4.78, 5) is 0. The van der Waals surface area contributed by atoms with Gasteiger partial charge in [-0.05, 0) is 19.3 Å². The van der Waals surface area contributed by atoms with Gasteiger partial charge in [-0.3, -0.25) is 0 Å². The molecule has 0 radical (unpaired) electrons. The lowest BCUT2D eigenvalue weighted by molar-refractivity contribution is 0.171. The van der Waals surface area contributed by atoms with Crippen LogP contribution in [0, 0.1) is 5.92 Å². The van der Waals surface area contributed by atoms with Gasteiger partial charge >= 0.3 is 0 Å². The lowest BCUT2D eigenvalue weighted by Gasteiger charge is -2.06. The summed E-state index contributed by atoms with van der Waals surface area (Å²) in [5.41, 5.74) is 0. The van der Waals surface area contributed by atoms with Gasteiger partial charge in [-0.2, -0.15) is 0 Å². The SMILES string of the molecule is C=CC(C/C=C\CC/C=C/COC)COC. The highest BCUT2D eigenvalue weighted by Crippen LogP contribution is 2.06. The van der Waals surface area contributed by atoms with E-state index in [9.17, 15) is 0 Å². The Labute approximate surface area is 99.6 Å². The van der Waals surface area contributed by atoms with E-state index >= 15 is 0 Å². The van der Waals surface area contributed by atoms with Crippen LogP contribution in [0.4, 0.5) is 0 Å². The summed E-state index contributed by atoms with van der Waals surface area (Å²) in [7, 11) is 3.43. The molecule has 16 heavy (non-hydrogen) atoms. The molecular formula is C14H24O2. The molecule has 0 aliphatic rings. The highest BCUT2D eigenvalue weighted by atomic mass is 16.5. The molecule has 2 nitrogen and oxygen atoms in total. The molecule has 0 saturated carbocycles. The molecule has 0 aromatic carbocycles. The molecule has 0 fully saturated rings. The van der Waals surface area contributed by atoms with Crippen molar-refractivity contribution in [3.63, 3.8) is 0 Å². The summed E-state index contributed by atoms with van der Waals surface area (Å²) in [5.74, 6) is 0.435. The number of hydrogen-bond acceptors (Lipinski definition) is 2. The van der Waals surface area contributed by atoms with Crippen LogP contribution >= 0.6 is 0 Å². The Morgan fingerprint density at radius 2 is 1.69 bits per heavy atom. The topological polar surface area (TPSA) is 18.5 Å². The number of rotatable bonds is 10. The normalized spacial score (nSPS) is 13.6. The zero-order valence-corrected chi connectivity index (χ0v) is 10.5. The van der Waals surface area contributed by atoms with Gasteiger partial charge in [0.1, 0.15) is 0 Å². The minimum Gasteiger partial charge on any atom is -0.384 e. The van der Waals surface area contributed by atoms with E-state index in [4.69, 9.17) is 9.47 Å². The minimum atomic E-state index is 0.435. The van der Waals surface area contributed by atoms with Crippen molar-refractivity contribution in [3.8, 4) is 0 Å². The van der Waals surface area contributed by atoms with Crippen LogP contribution in [-0.4, -0.2) is 27.4 Å². The maximum Gasteiger partial charge on any atom is 0.0643 e. The minimum absolute atomic E-state index is 0.435. The Kier molecular flexibility index (Phi) is 11.6. The fraction of sp³-hybridized carbons (Fsp3) is 0.571. The Hall–Kier alpha value is -0.860. The van der Waals surface area contributed by atoms with Crippen LogP contribution in [0.5, 0.6) is 0 Å². The Morgan fingerprint density at radius 1 is 1.00 bits per heavy atom. The van der Waals surface area contributed by atoms with Gasteiger partial charge in [-0.15, -0.1) is 6.58 Å². The molecule has 1 atom stereocenters. The maximum atomic E-state index is 5.09. The molecule has 0 aliphatic heterocycles. The highest BCUT2D eigenvalue weighted by Gasteiger charge is 1.99. The van der Waals surface area contributed by atoms with Crippen molar-refractivity contribution in [2.24, 2.45) is 5.92 Å². The molecule has 0 aliphatic carbocycles. The van der Waals surface area contributed by atoms with Gasteiger partial charge in [-0.25, -0.2) is 0 Å². The van der Waals surface area contributed by atoms with Gasteiger partial charge in [-0.1, -0.05) is 30.4 Å². The van der Waals surface area contributed by atoms with Crippen molar-refractivity contribution >= 4 is 0 Å². The number of ether oxygens (including phenoxy) is 2. The molecule has 0 rings (SSSR count). The average molecular weight is 224 g/mol. The Balaban J connectivity index is 3.49. The van der Waals surface area contributed by atoms with E-state index in [0.29, 0.717) is 12.5 Å². The summed E-state index contributed by atoms with van der Waals surface area (Å²) in [6.45, 7) is 5.25. The smallest absolute Gasteiger partial charge is 0.0643 e. The highest BCUT2D eigenvalue weighted by molar-refractivity contribution is 4.92. The van der Waals surface area contributed by atoms with Gasteiger partial charge in [0, 0.05) is 20.1 Å². The quantitative estimate of drug-likeness (QED) is 0.418. The van der Waals surface area contributed by atoms with Crippen molar-refractivity contribution in [1.82, 2.24) is 0 Å². The van der Waals surface area contributed by atoms with Gasteiger partial charge in [0.25, 0.3) is 0 Å². The summed E-state index contributed by atoms with van der Waals surface area (Å²) < 4.78 is 10.00. The molecular weight excluding hydrogens is 200 g/mol. The van der Waals surface area contributed by atoms with Crippen molar-refractivity contribution in [2.75, 3.05) is 27.4 Å². The molecule has 0 heterocycles. The summed E-state index contributed by atoms with van der Waals surface area (Å²) in [6, 6.07) is 0. The van der Waals surface area contributed by atoms with Crippen LogP contribution in [-0.2, 0) is 9.47 Å². The summed E-state index contributed by atoms with van der Waals surface area (Å²) >= 11 is 0. The first-order valence-electron chi connectivity index (χ1n) is 5.75. The Morgan fingerprint density at radius 3 is 2.25 bits per heavy atom. The predicted octanol–water partition coefficient (Wildman–Crippen LogP) is 3.36. The summed E-state index contributed by atoms with van der Waals surface area (Å²) in [5, 5.41) is 0. The first kappa shape index (κ1) is 15.1. The van der Waals surface area contributed by atoms with Crippen LogP contribution in [0.25, 0.3) is 0 Å². The molecule has 0 aromatic rings. The third-order valence-electron chi connectivity index (χ3n) is 2.25. The molecule has 2 heteroatoms. The van der Waals surface area contributed by atoms with E-state index in [-0.39, 0.29) is 0 Å². The third kappa shape index (κ3) is 9.69. The number of hydrogen-bond donors (Lipinski definition) is 0. The van der Waals surface area contributed by atoms with E-state index in [1.54, 1.807) is 14.2 Å². The average Bonchev–Trinajstić information content (AvgIpc) is 2.31. The summed E-state index contributed by atoms with van der Waals surface area (Å²) in [6.07, 6.45) is 13.7. The molecule has 0 N–H and O–H groups in total. The van der Waals surface area contributed by atoms with Crippen molar-refractivity contribution in [1.29, 1.82) is 0 Å². The fourth-order valence-corrected chi connectivity index (χ4v) is 1.31. The molecule has 1 unspecified atom stereocenters. The van der Waals surface area contributed by atoms with E-state index < -0.39 is 0 Å². The maximum absolute atomic E-state index is 5.09. The van der Waals surface area contributed by atoms with E-state index in [1.165, 1.54) is 0 Å². The molecule has 92 valence electrons. The largest absolute Gasteiger partial charge is 0.384 e. The molecule has 0 amide bonds.